The summed E-state index contributed by atoms with van der Waals surface area (Å²) in [6.07, 6.45) is 1.74. The average Bonchev–Trinajstić information content (AvgIpc) is 2.70. The third kappa shape index (κ3) is 7.70. The minimum atomic E-state index is 0.545. The molecule has 0 bridgehead atoms. The summed E-state index contributed by atoms with van der Waals surface area (Å²) in [7, 11) is 3.26. The molecule has 0 aliphatic carbocycles. The molecule has 1 aromatic rings. The molecule has 27 heavy (non-hydrogen) atoms. The molecule has 0 radical (unpaired) electrons. The molecule has 1 aliphatic rings. The Morgan fingerprint density at radius 3 is 2.67 bits per heavy atom. The minimum Gasteiger partial charge on any atom is -0.493 e. The largest absolute Gasteiger partial charge is 0.493 e. The molecule has 2 rings (SSSR count). The normalized spacial score (nSPS) is 15.3. The molecular weight excluding hydrogens is 364 g/mol. The van der Waals surface area contributed by atoms with Gasteiger partial charge in [0.15, 0.2) is 16.6 Å². The first-order valence-electron chi connectivity index (χ1n) is 9.20. The third-order valence-corrected chi connectivity index (χ3v) is 4.53. The highest BCUT2D eigenvalue weighted by molar-refractivity contribution is 7.80. The van der Waals surface area contributed by atoms with Gasteiger partial charge in [-0.15, -0.1) is 0 Å². The summed E-state index contributed by atoms with van der Waals surface area (Å²) in [6, 6.07) is 5.86. The van der Waals surface area contributed by atoms with Gasteiger partial charge >= 0.3 is 0 Å². The molecule has 8 heteroatoms. The standard InChI is InChI=1S/C19H30N4O3S/c1-15(13-16-5-6-17(24-2)18(14-16)25-3)21-22-19(27)20-7-4-8-23-9-11-26-12-10-23/h5-6,14H,4,7-13H2,1-3H3,(H2,20,22,27)/b21-15-. The van der Waals surface area contributed by atoms with E-state index in [-0.39, 0.29) is 0 Å². The predicted octanol–water partition coefficient (Wildman–Crippen LogP) is 1.81. The van der Waals surface area contributed by atoms with Gasteiger partial charge in [0.05, 0.1) is 27.4 Å². The Balaban J connectivity index is 1.68. The Morgan fingerprint density at radius 1 is 1.22 bits per heavy atom. The molecule has 0 spiro atoms. The lowest BCUT2D eigenvalue weighted by molar-refractivity contribution is 0.0376. The van der Waals surface area contributed by atoms with E-state index in [0.29, 0.717) is 17.3 Å². The van der Waals surface area contributed by atoms with Gasteiger partial charge in [-0.3, -0.25) is 10.3 Å². The van der Waals surface area contributed by atoms with Crippen molar-refractivity contribution >= 4 is 23.0 Å². The van der Waals surface area contributed by atoms with Crippen LogP contribution in [0.4, 0.5) is 0 Å². The number of nitrogens with one attached hydrogen (secondary N) is 2. The van der Waals surface area contributed by atoms with Gasteiger partial charge in [-0.25, -0.2) is 0 Å². The lowest BCUT2D eigenvalue weighted by Crippen LogP contribution is -2.39. The van der Waals surface area contributed by atoms with E-state index in [1.807, 2.05) is 25.1 Å². The van der Waals surface area contributed by atoms with E-state index in [2.05, 4.69) is 20.7 Å². The molecule has 0 saturated carbocycles. The summed E-state index contributed by atoms with van der Waals surface area (Å²) >= 11 is 5.28. The molecule has 1 heterocycles. The van der Waals surface area contributed by atoms with Crippen LogP contribution in [0, 0.1) is 0 Å². The lowest BCUT2D eigenvalue weighted by atomic mass is 10.1. The molecule has 1 aromatic carbocycles. The van der Waals surface area contributed by atoms with E-state index >= 15 is 0 Å². The Bertz CT molecular complexity index is 633. The van der Waals surface area contributed by atoms with E-state index in [4.69, 9.17) is 26.4 Å². The number of nitrogens with zero attached hydrogens (tertiary/aromatic N) is 2. The van der Waals surface area contributed by atoms with Crippen LogP contribution in [0.3, 0.4) is 0 Å². The number of hydrogen-bond acceptors (Lipinski definition) is 6. The Kier molecular flexibility index (Phi) is 9.30. The number of hydrogen-bond donors (Lipinski definition) is 2. The first-order valence-corrected chi connectivity index (χ1v) is 9.61. The second-order valence-corrected chi connectivity index (χ2v) is 6.80. The molecule has 2 N–H and O–H groups in total. The van der Waals surface area contributed by atoms with Crippen LogP contribution in [-0.4, -0.2) is 69.3 Å². The highest BCUT2D eigenvalue weighted by atomic mass is 32.1. The van der Waals surface area contributed by atoms with E-state index in [9.17, 15) is 0 Å². The Labute approximate surface area is 167 Å². The van der Waals surface area contributed by atoms with Crippen molar-refractivity contribution in [3.05, 3.63) is 23.8 Å². The van der Waals surface area contributed by atoms with Crippen molar-refractivity contribution in [2.45, 2.75) is 19.8 Å². The molecule has 1 saturated heterocycles. The number of thiocarbonyl (C=S) groups is 1. The molecule has 0 aromatic heterocycles. The van der Waals surface area contributed by atoms with Gasteiger partial charge in [0.25, 0.3) is 0 Å². The fraction of sp³-hybridized carbons (Fsp3) is 0.579. The number of hydrazone groups is 1. The second-order valence-electron chi connectivity index (χ2n) is 6.39. The zero-order valence-electron chi connectivity index (χ0n) is 16.4. The van der Waals surface area contributed by atoms with Crippen LogP contribution in [0.25, 0.3) is 0 Å². The molecule has 1 fully saturated rings. The molecule has 7 nitrogen and oxygen atoms in total. The zero-order chi connectivity index (χ0) is 19.5. The van der Waals surface area contributed by atoms with Crippen LogP contribution >= 0.6 is 12.2 Å². The molecule has 150 valence electrons. The van der Waals surface area contributed by atoms with Crippen molar-refractivity contribution in [3.63, 3.8) is 0 Å². The number of rotatable bonds is 9. The van der Waals surface area contributed by atoms with Crippen molar-refractivity contribution in [2.75, 3.05) is 53.6 Å². The van der Waals surface area contributed by atoms with E-state index < -0.39 is 0 Å². The van der Waals surface area contributed by atoms with Gasteiger partial charge in [0, 0.05) is 31.8 Å². The van der Waals surface area contributed by atoms with Crippen LogP contribution in [-0.2, 0) is 11.2 Å². The van der Waals surface area contributed by atoms with E-state index in [0.717, 1.165) is 62.8 Å². The van der Waals surface area contributed by atoms with Crippen molar-refractivity contribution in [2.24, 2.45) is 5.10 Å². The summed E-state index contributed by atoms with van der Waals surface area (Å²) in [4.78, 5) is 2.41. The van der Waals surface area contributed by atoms with Crippen molar-refractivity contribution in [3.8, 4) is 11.5 Å². The molecular formula is C19H30N4O3S. The fourth-order valence-electron chi connectivity index (χ4n) is 2.84. The summed E-state index contributed by atoms with van der Waals surface area (Å²) in [5, 5.41) is 8.09. The highest BCUT2D eigenvalue weighted by Gasteiger charge is 2.09. The summed E-state index contributed by atoms with van der Waals surface area (Å²) in [6.45, 7) is 7.55. The van der Waals surface area contributed by atoms with Crippen LogP contribution in [0.1, 0.15) is 18.9 Å². The zero-order valence-corrected chi connectivity index (χ0v) is 17.2. The molecule has 1 aliphatic heterocycles. The first kappa shape index (κ1) is 21.4. The molecule has 0 amide bonds. The van der Waals surface area contributed by atoms with Crippen LogP contribution in [0.5, 0.6) is 11.5 Å². The van der Waals surface area contributed by atoms with Crippen LogP contribution in [0.2, 0.25) is 0 Å². The monoisotopic (exact) mass is 394 g/mol. The van der Waals surface area contributed by atoms with Crippen LogP contribution in [0.15, 0.2) is 23.3 Å². The lowest BCUT2D eigenvalue weighted by Gasteiger charge is -2.26. The first-order chi connectivity index (χ1) is 13.1. The van der Waals surface area contributed by atoms with Gasteiger partial charge < -0.3 is 19.5 Å². The number of benzene rings is 1. The Morgan fingerprint density at radius 2 is 1.96 bits per heavy atom. The molecule has 0 unspecified atom stereocenters. The van der Waals surface area contributed by atoms with Crippen molar-refractivity contribution in [1.29, 1.82) is 0 Å². The minimum absolute atomic E-state index is 0.545. The fourth-order valence-corrected chi connectivity index (χ4v) is 2.99. The maximum absolute atomic E-state index is 5.35. The van der Waals surface area contributed by atoms with E-state index in [1.54, 1.807) is 14.2 Å². The smallest absolute Gasteiger partial charge is 0.186 e. The predicted molar refractivity (Wildman–Crippen MR) is 112 cm³/mol. The number of methoxy groups -OCH3 is 2. The van der Waals surface area contributed by atoms with Crippen molar-refractivity contribution in [1.82, 2.24) is 15.6 Å². The highest BCUT2D eigenvalue weighted by Crippen LogP contribution is 2.27. The summed E-state index contributed by atoms with van der Waals surface area (Å²) in [5.41, 5.74) is 4.94. The van der Waals surface area contributed by atoms with Gasteiger partial charge in [-0.1, -0.05) is 6.07 Å². The van der Waals surface area contributed by atoms with Crippen molar-refractivity contribution < 1.29 is 14.2 Å². The maximum Gasteiger partial charge on any atom is 0.186 e. The van der Waals surface area contributed by atoms with Gasteiger partial charge in [0.2, 0.25) is 0 Å². The van der Waals surface area contributed by atoms with Gasteiger partial charge in [-0.05, 0) is 49.8 Å². The van der Waals surface area contributed by atoms with Gasteiger partial charge in [0.1, 0.15) is 0 Å². The van der Waals surface area contributed by atoms with Gasteiger partial charge in [-0.2, -0.15) is 5.10 Å². The summed E-state index contributed by atoms with van der Waals surface area (Å²) in [5.74, 6) is 1.43. The Hall–Kier alpha value is -1.90. The number of ether oxygens (including phenoxy) is 3. The number of morpholine rings is 1. The average molecular weight is 395 g/mol. The van der Waals surface area contributed by atoms with E-state index in [1.165, 1.54) is 0 Å². The van der Waals surface area contributed by atoms with Crippen LogP contribution < -0.4 is 20.2 Å². The second kappa shape index (κ2) is 11.7. The summed E-state index contributed by atoms with van der Waals surface area (Å²) < 4.78 is 15.9. The topological polar surface area (TPSA) is 67.4 Å². The maximum atomic E-state index is 5.35. The molecule has 0 atom stereocenters. The third-order valence-electron chi connectivity index (χ3n) is 4.30. The SMILES string of the molecule is COc1ccc(C/C(C)=N\NC(=S)NCCCN2CCOCC2)cc1OC. The quantitative estimate of drug-likeness (QED) is 0.287.